The number of nitrogens with one attached hydrogen (secondary N) is 1. The van der Waals surface area contributed by atoms with E-state index in [-0.39, 0.29) is 17.8 Å². The average Bonchev–Trinajstić information content (AvgIpc) is 3.36. The monoisotopic (exact) mass is 444 g/mol. The van der Waals surface area contributed by atoms with Crippen LogP contribution in [0.3, 0.4) is 0 Å². The largest absolute Gasteiger partial charge is 0.339 e. The number of halogens is 1. The number of anilines is 1. The number of nitrogens with zero attached hydrogens (tertiary/aromatic N) is 5. The van der Waals surface area contributed by atoms with E-state index in [4.69, 9.17) is 4.52 Å². The lowest BCUT2D eigenvalue weighted by atomic mass is 9.98. The Kier molecular flexibility index (Phi) is 5.75. The molecule has 0 radical (unpaired) electrons. The number of amides is 2. The summed E-state index contributed by atoms with van der Waals surface area (Å²) < 4.78 is 18.9. The number of hydrogen-bond donors (Lipinski definition) is 1. The topological polar surface area (TPSA) is 97.0 Å². The molecule has 1 unspecified atom stereocenters. The highest BCUT2D eigenvalue weighted by molar-refractivity contribution is 5.89. The predicted octanol–water partition coefficient (Wildman–Crippen LogP) is 4.74. The second-order valence-corrected chi connectivity index (χ2v) is 7.84. The molecule has 3 heterocycles. The van der Waals surface area contributed by atoms with Gasteiger partial charge in [-0.2, -0.15) is 4.98 Å². The summed E-state index contributed by atoms with van der Waals surface area (Å²) in [7, 11) is 0. The second-order valence-electron chi connectivity index (χ2n) is 7.84. The molecule has 1 fully saturated rings. The quantitative estimate of drug-likeness (QED) is 0.488. The molecule has 4 aromatic rings. The fourth-order valence-electron chi connectivity index (χ4n) is 3.84. The molecule has 0 spiro atoms. The van der Waals surface area contributed by atoms with Gasteiger partial charge in [-0.1, -0.05) is 47.6 Å². The van der Waals surface area contributed by atoms with E-state index in [9.17, 15) is 9.18 Å². The van der Waals surface area contributed by atoms with Gasteiger partial charge in [-0.15, -0.1) is 0 Å². The van der Waals surface area contributed by atoms with Gasteiger partial charge in [0, 0.05) is 24.2 Å². The number of hydrogen-bond acceptors (Lipinski definition) is 6. The summed E-state index contributed by atoms with van der Waals surface area (Å²) in [6.07, 6.45) is 4.82. The Bertz CT molecular complexity index is 1250. The summed E-state index contributed by atoms with van der Waals surface area (Å²) in [5, 5.41) is 6.84. The van der Waals surface area contributed by atoms with Crippen LogP contribution >= 0.6 is 0 Å². The van der Waals surface area contributed by atoms with E-state index in [1.54, 1.807) is 29.4 Å². The van der Waals surface area contributed by atoms with Crippen LogP contribution in [0.25, 0.3) is 22.8 Å². The van der Waals surface area contributed by atoms with Crippen LogP contribution < -0.4 is 5.32 Å². The highest BCUT2D eigenvalue weighted by atomic mass is 19.1. The van der Waals surface area contributed by atoms with Crippen molar-refractivity contribution in [2.24, 2.45) is 0 Å². The minimum Gasteiger partial charge on any atom is -0.339 e. The summed E-state index contributed by atoms with van der Waals surface area (Å²) in [6.45, 7) is 1.07. The fraction of sp³-hybridized carbons (Fsp3) is 0.208. The summed E-state index contributed by atoms with van der Waals surface area (Å²) in [5.41, 5.74) is 1.98. The van der Waals surface area contributed by atoms with Crippen molar-refractivity contribution in [3.63, 3.8) is 0 Å². The third-order valence-corrected chi connectivity index (χ3v) is 5.52. The van der Waals surface area contributed by atoms with Gasteiger partial charge in [0.2, 0.25) is 11.7 Å². The zero-order valence-corrected chi connectivity index (χ0v) is 17.7. The first-order valence-electron chi connectivity index (χ1n) is 10.7. The molecule has 2 amide bonds. The Hall–Kier alpha value is -4.14. The molecule has 0 bridgehead atoms. The lowest BCUT2D eigenvalue weighted by Crippen LogP contribution is -2.41. The van der Waals surface area contributed by atoms with Crippen molar-refractivity contribution in [3.8, 4) is 22.8 Å². The molecular weight excluding hydrogens is 423 g/mol. The average molecular weight is 444 g/mol. The third-order valence-electron chi connectivity index (χ3n) is 5.52. The number of aromatic nitrogens is 4. The normalized spacial score (nSPS) is 15.9. The number of benzene rings is 2. The summed E-state index contributed by atoms with van der Waals surface area (Å²) in [4.78, 5) is 27.7. The number of urea groups is 1. The minimum atomic E-state index is -0.361. The maximum atomic E-state index is 13.5. The highest BCUT2D eigenvalue weighted by Crippen LogP contribution is 2.28. The molecule has 9 heteroatoms. The van der Waals surface area contributed by atoms with Gasteiger partial charge >= 0.3 is 6.03 Å². The van der Waals surface area contributed by atoms with Gasteiger partial charge in [0.05, 0.1) is 24.0 Å². The van der Waals surface area contributed by atoms with Gasteiger partial charge in [0.25, 0.3) is 0 Å². The molecule has 0 saturated carbocycles. The third kappa shape index (κ3) is 4.72. The Morgan fingerprint density at radius 2 is 1.82 bits per heavy atom. The van der Waals surface area contributed by atoms with Gasteiger partial charge in [0.15, 0.2) is 5.82 Å². The summed E-state index contributed by atoms with van der Waals surface area (Å²) in [5.74, 6) is 0.928. The van der Waals surface area contributed by atoms with Crippen LogP contribution in [0.15, 0.2) is 71.5 Å². The van der Waals surface area contributed by atoms with Crippen LogP contribution in [0.2, 0.25) is 0 Å². The lowest BCUT2D eigenvalue weighted by molar-refractivity contribution is 0.184. The molecular formula is C24H21FN6O2. The van der Waals surface area contributed by atoms with Crippen molar-refractivity contribution in [1.82, 2.24) is 25.0 Å². The zero-order chi connectivity index (χ0) is 22.6. The van der Waals surface area contributed by atoms with Crippen LogP contribution in [-0.4, -0.2) is 44.1 Å². The van der Waals surface area contributed by atoms with Gasteiger partial charge in [0.1, 0.15) is 5.82 Å². The van der Waals surface area contributed by atoms with Crippen molar-refractivity contribution < 1.29 is 13.7 Å². The van der Waals surface area contributed by atoms with Crippen molar-refractivity contribution >= 4 is 11.7 Å². The van der Waals surface area contributed by atoms with Crippen molar-refractivity contribution in [3.05, 3.63) is 78.7 Å². The maximum Gasteiger partial charge on any atom is 0.321 e. The predicted molar refractivity (Wildman–Crippen MR) is 120 cm³/mol. The second kappa shape index (κ2) is 9.15. The van der Waals surface area contributed by atoms with E-state index in [2.05, 4.69) is 25.4 Å². The van der Waals surface area contributed by atoms with Gasteiger partial charge in [-0.3, -0.25) is 0 Å². The van der Waals surface area contributed by atoms with Crippen LogP contribution in [-0.2, 0) is 0 Å². The van der Waals surface area contributed by atoms with Crippen molar-refractivity contribution in [1.29, 1.82) is 0 Å². The number of rotatable bonds is 4. The number of carbonyl (C=O) groups is 1. The first-order valence-corrected chi connectivity index (χ1v) is 10.7. The minimum absolute atomic E-state index is 0.0870. The fourth-order valence-corrected chi connectivity index (χ4v) is 3.84. The highest BCUT2D eigenvalue weighted by Gasteiger charge is 2.29. The van der Waals surface area contributed by atoms with Crippen LogP contribution in [0, 0.1) is 5.82 Å². The van der Waals surface area contributed by atoms with Gasteiger partial charge in [-0.25, -0.2) is 19.2 Å². The maximum absolute atomic E-state index is 13.5. The Balaban J connectivity index is 1.23. The van der Waals surface area contributed by atoms with E-state index >= 15 is 0 Å². The molecule has 1 N–H and O–H groups in total. The molecule has 1 aliphatic rings. The van der Waals surface area contributed by atoms with Crippen molar-refractivity contribution in [2.45, 2.75) is 18.8 Å². The molecule has 1 aliphatic heterocycles. The summed E-state index contributed by atoms with van der Waals surface area (Å²) >= 11 is 0. The van der Waals surface area contributed by atoms with E-state index < -0.39 is 0 Å². The molecule has 2 aromatic heterocycles. The van der Waals surface area contributed by atoms with Crippen molar-refractivity contribution in [2.75, 3.05) is 18.4 Å². The molecule has 2 aromatic carbocycles. The summed E-state index contributed by atoms with van der Waals surface area (Å²) in [6, 6.07) is 15.4. The van der Waals surface area contributed by atoms with Crippen LogP contribution in [0.4, 0.5) is 14.9 Å². The Morgan fingerprint density at radius 3 is 2.61 bits per heavy atom. The number of carbonyl (C=O) groups excluding carboxylic acids is 1. The van der Waals surface area contributed by atoms with Crippen LogP contribution in [0.5, 0.6) is 0 Å². The number of piperidine rings is 1. The lowest BCUT2D eigenvalue weighted by Gasteiger charge is -2.30. The first kappa shape index (κ1) is 20.7. The standard InChI is InChI=1S/C24H21FN6O2/c25-19-10-4-8-17(12-19)22-29-23(33-30-22)18-9-5-11-31(15-18)24(32)28-20-13-26-21(27-14-20)16-6-2-1-3-7-16/h1-4,6-8,10,12-14,18H,5,9,11,15H2,(H,28,32). The Labute approximate surface area is 189 Å². The molecule has 8 nitrogen and oxygen atoms in total. The molecule has 5 rings (SSSR count). The van der Waals surface area contributed by atoms with Gasteiger partial charge in [-0.05, 0) is 25.0 Å². The van der Waals surface area contributed by atoms with E-state index in [1.807, 2.05) is 30.3 Å². The molecule has 1 saturated heterocycles. The van der Waals surface area contributed by atoms with Gasteiger partial charge < -0.3 is 14.7 Å². The van der Waals surface area contributed by atoms with E-state index in [0.29, 0.717) is 41.9 Å². The van der Waals surface area contributed by atoms with Crippen LogP contribution in [0.1, 0.15) is 24.7 Å². The first-order chi connectivity index (χ1) is 16.2. The number of likely N-dealkylation sites (tertiary alicyclic amines) is 1. The smallest absolute Gasteiger partial charge is 0.321 e. The Morgan fingerprint density at radius 1 is 1.03 bits per heavy atom. The van der Waals surface area contributed by atoms with E-state index in [0.717, 1.165) is 18.4 Å². The molecule has 33 heavy (non-hydrogen) atoms. The SMILES string of the molecule is O=C(Nc1cnc(-c2ccccc2)nc1)N1CCCC(c2nc(-c3cccc(F)c3)no2)C1. The van der Waals surface area contributed by atoms with E-state index in [1.165, 1.54) is 12.1 Å². The molecule has 0 aliphatic carbocycles. The molecule has 166 valence electrons. The molecule has 1 atom stereocenters. The zero-order valence-electron chi connectivity index (χ0n) is 17.7.